The maximum absolute atomic E-state index is 10.8. The average Bonchev–Trinajstić information content (AvgIpc) is 2.38. The van der Waals surface area contributed by atoms with Gasteiger partial charge >= 0.3 is 5.97 Å². The van der Waals surface area contributed by atoms with E-state index in [4.69, 9.17) is 9.90 Å². The first kappa shape index (κ1) is 15.6. The fourth-order valence-electron chi connectivity index (χ4n) is 2.07. The van der Waals surface area contributed by atoms with Crippen LogP contribution >= 0.6 is 0 Å². The number of carboxylic acids is 1. The molecule has 0 aliphatic rings. The van der Waals surface area contributed by atoms with Gasteiger partial charge in [0.05, 0.1) is 12.1 Å². The number of benzene rings is 1. The number of carbonyl (C=O) groups is 2. The number of pyridine rings is 1. The normalized spacial score (nSPS) is 9.95. The third-order valence-corrected chi connectivity index (χ3v) is 2.82. The molecule has 1 aromatic heterocycles. The standard InChI is InChI=1S/C14H15NO2.CH3NO/c1-9(2)14-12-5-3-4-10(8-13(16)17)11(12)6-7-15-14;2-1-3/h3-7,9H,8H2,1-2H3,(H,16,17);1H,(H2,2,3). The number of aromatic nitrogens is 1. The lowest BCUT2D eigenvalue weighted by atomic mass is 9.98. The molecule has 0 spiro atoms. The summed E-state index contributed by atoms with van der Waals surface area (Å²) in [5.74, 6) is -0.473. The first-order valence-corrected chi connectivity index (χ1v) is 6.25. The van der Waals surface area contributed by atoms with Gasteiger partial charge in [-0.25, -0.2) is 0 Å². The van der Waals surface area contributed by atoms with E-state index in [0.717, 1.165) is 22.0 Å². The zero-order chi connectivity index (χ0) is 15.1. The molecule has 5 nitrogen and oxygen atoms in total. The highest BCUT2D eigenvalue weighted by molar-refractivity contribution is 5.90. The molecule has 0 fully saturated rings. The summed E-state index contributed by atoms with van der Waals surface area (Å²) >= 11 is 0. The van der Waals surface area contributed by atoms with Gasteiger partial charge < -0.3 is 10.8 Å². The van der Waals surface area contributed by atoms with E-state index in [-0.39, 0.29) is 12.8 Å². The Balaban J connectivity index is 0.000000612. The van der Waals surface area contributed by atoms with Crippen molar-refractivity contribution in [3.63, 3.8) is 0 Å². The highest BCUT2D eigenvalue weighted by Crippen LogP contribution is 2.25. The van der Waals surface area contributed by atoms with Gasteiger partial charge in [-0.3, -0.25) is 14.6 Å². The van der Waals surface area contributed by atoms with Crippen molar-refractivity contribution >= 4 is 23.2 Å². The van der Waals surface area contributed by atoms with Crippen molar-refractivity contribution < 1.29 is 14.7 Å². The van der Waals surface area contributed by atoms with Crippen LogP contribution in [0.5, 0.6) is 0 Å². The van der Waals surface area contributed by atoms with Crippen molar-refractivity contribution in [1.82, 2.24) is 4.98 Å². The molecule has 0 atom stereocenters. The van der Waals surface area contributed by atoms with Gasteiger partial charge in [-0.2, -0.15) is 0 Å². The SMILES string of the molecule is CC(C)c1nccc2c(CC(=O)O)cccc12.NC=O. The fourth-order valence-corrected chi connectivity index (χ4v) is 2.07. The third-order valence-electron chi connectivity index (χ3n) is 2.82. The Morgan fingerprint density at radius 1 is 1.35 bits per heavy atom. The molecule has 0 radical (unpaired) electrons. The number of carboxylic acid groups (broad SMARTS) is 1. The van der Waals surface area contributed by atoms with Crippen molar-refractivity contribution in [3.8, 4) is 0 Å². The smallest absolute Gasteiger partial charge is 0.307 e. The average molecular weight is 274 g/mol. The number of amides is 1. The summed E-state index contributed by atoms with van der Waals surface area (Å²) in [4.78, 5) is 23.8. The van der Waals surface area contributed by atoms with Crippen molar-refractivity contribution in [1.29, 1.82) is 0 Å². The predicted molar refractivity (Wildman–Crippen MR) is 77.4 cm³/mol. The number of nitrogens with two attached hydrogens (primary N) is 1. The third kappa shape index (κ3) is 3.78. The van der Waals surface area contributed by atoms with Gasteiger partial charge in [0.25, 0.3) is 0 Å². The van der Waals surface area contributed by atoms with Crippen LogP contribution < -0.4 is 5.73 Å². The van der Waals surface area contributed by atoms with Crippen LogP contribution in [0.15, 0.2) is 30.5 Å². The molecule has 0 saturated carbocycles. The van der Waals surface area contributed by atoms with Gasteiger partial charge in [-0.1, -0.05) is 32.0 Å². The lowest BCUT2D eigenvalue weighted by Crippen LogP contribution is -2.02. The molecule has 20 heavy (non-hydrogen) atoms. The quantitative estimate of drug-likeness (QED) is 0.838. The largest absolute Gasteiger partial charge is 0.481 e. The van der Waals surface area contributed by atoms with E-state index in [1.54, 1.807) is 6.20 Å². The number of rotatable bonds is 3. The van der Waals surface area contributed by atoms with E-state index in [1.165, 1.54) is 0 Å². The molecule has 2 aromatic rings. The van der Waals surface area contributed by atoms with E-state index < -0.39 is 5.97 Å². The minimum Gasteiger partial charge on any atom is -0.481 e. The number of aliphatic carboxylic acids is 1. The Labute approximate surface area is 117 Å². The maximum atomic E-state index is 10.8. The molecule has 1 heterocycles. The second kappa shape index (κ2) is 7.23. The molecule has 0 unspecified atom stereocenters. The van der Waals surface area contributed by atoms with Gasteiger partial charge in [0.2, 0.25) is 6.41 Å². The van der Waals surface area contributed by atoms with Crippen LogP contribution in [0.1, 0.15) is 31.0 Å². The monoisotopic (exact) mass is 274 g/mol. The molecule has 0 saturated heterocycles. The van der Waals surface area contributed by atoms with Gasteiger partial charge in [-0.05, 0) is 22.9 Å². The predicted octanol–water partition coefficient (Wildman–Crippen LogP) is 2.09. The fraction of sp³-hybridized carbons (Fsp3) is 0.267. The van der Waals surface area contributed by atoms with Crippen LogP contribution in [-0.2, 0) is 16.0 Å². The first-order chi connectivity index (χ1) is 9.51. The van der Waals surface area contributed by atoms with Crippen molar-refractivity contribution in [3.05, 3.63) is 41.7 Å². The Bertz CT molecular complexity index is 609. The van der Waals surface area contributed by atoms with Crippen LogP contribution in [0.2, 0.25) is 0 Å². The van der Waals surface area contributed by atoms with E-state index in [9.17, 15) is 4.79 Å². The highest BCUT2D eigenvalue weighted by atomic mass is 16.4. The molecule has 5 heteroatoms. The molecule has 1 amide bonds. The molecule has 0 aliphatic heterocycles. The topological polar surface area (TPSA) is 93.3 Å². The summed E-state index contributed by atoms with van der Waals surface area (Å²) in [7, 11) is 0. The molecule has 106 valence electrons. The summed E-state index contributed by atoms with van der Waals surface area (Å²) < 4.78 is 0. The van der Waals surface area contributed by atoms with E-state index >= 15 is 0 Å². The molecular formula is C15H18N2O3. The van der Waals surface area contributed by atoms with Gasteiger partial charge in [0.1, 0.15) is 0 Å². The summed E-state index contributed by atoms with van der Waals surface area (Å²) in [6.07, 6.45) is 2.06. The van der Waals surface area contributed by atoms with Crippen LogP contribution in [0.25, 0.3) is 10.8 Å². The molecule has 2 rings (SSSR count). The highest BCUT2D eigenvalue weighted by Gasteiger charge is 2.10. The number of nitrogens with zero attached hydrogens (tertiary/aromatic N) is 1. The molecule has 3 N–H and O–H groups in total. The van der Waals surface area contributed by atoms with Gasteiger partial charge in [0.15, 0.2) is 0 Å². The Kier molecular flexibility index (Phi) is 5.65. The van der Waals surface area contributed by atoms with E-state index in [2.05, 4.69) is 24.6 Å². The minimum atomic E-state index is -0.805. The Morgan fingerprint density at radius 3 is 2.55 bits per heavy atom. The van der Waals surface area contributed by atoms with Gasteiger partial charge in [-0.15, -0.1) is 0 Å². The van der Waals surface area contributed by atoms with Crippen molar-refractivity contribution in [2.75, 3.05) is 0 Å². The Morgan fingerprint density at radius 2 is 2.00 bits per heavy atom. The number of hydrogen-bond donors (Lipinski definition) is 2. The zero-order valence-corrected chi connectivity index (χ0v) is 11.5. The Hall–Kier alpha value is -2.43. The number of hydrogen-bond acceptors (Lipinski definition) is 3. The lowest BCUT2D eigenvalue weighted by molar-refractivity contribution is -0.136. The van der Waals surface area contributed by atoms with Crippen LogP contribution in [0.4, 0.5) is 0 Å². The van der Waals surface area contributed by atoms with Gasteiger partial charge in [0, 0.05) is 11.6 Å². The summed E-state index contributed by atoms with van der Waals surface area (Å²) in [6, 6.07) is 7.65. The summed E-state index contributed by atoms with van der Waals surface area (Å²) in [5, 5.41) is 10.9. The van der Waals surface area contributed by atoms with Crippen LogP contribution in [-0.4, -0.2) is 22.5 Å². The molecule has 0 bridgehead atoms. The van der Waals surface area contributed by atoms with Crippen molar-refractivity contribution in [2.24, 2.45) is 5.73 Å². The lowest BCUT2D eigenvalue weighted by Gasteiger charge is -2.10. The number of carbonyl (C=O) groups excluding carboxylic acids is 1. The zero-order valence-electron chi connectivity index (χ0n) is 11.5. The second-order valence-electron chi connectivity index (χ2n) is 4.57. The minimum absolute atomic E-state index is 0.0545. The molecule has 0 aliphatic carbocycles. The van der Waals surface area contributed by atoms with Crippen LogP contribution in [0.3, 0.4) is 0 Å². The van der Waals surface area contributed by atoms with E-state index in [1.807, 2.05) is 24.3 Å². The number of fused-ring (bicyclic) bond motifs is 1. The number of primary amides is 1. The first-order valence-electron chi connectivity index (χ1n) is 6.25. The molecule has 1 aromatic carbocycles. The van der Waals surface area contributed by atoms with E-state index in [0.29, 0.717) is 5.92 Å². The maximum Gasteiger partial charge on any atom is 0.307 e. The summed E-state index contributed by atoms with van der Waals surface area (Å²) in [6.45, 7) is 4.18. The second-order valence-corrected chi connectivity index (χ2v) is 4.57. The van der Waals surface area contributed by atoms with Crippen molar-refractivity contribution in [2.45, 2.75) is 26.2 Å². The van der Waals surface area contributed by atoms with Crippen LogP contribution in [0, 0.1) is 0 Å². The summed E-state index contributed by atoms with van der Waals surface area (Å²) in [5.41, 5.74) is 6.04. The molecular weight excluding hydrogens is 256 g/mol.